The SMILES string of the molecule is COC(=O)c1cnc2[nH]c(C=C(c3ccc(S(C)(=O)=O)nc3)C3CCCC3)cc2c1. The molecule has 1 saturated carbocycles. The molecule has 0 aliphatic heterocycles. The predicted molar refractivity (Wildman–Crippen MR) is 115 cm³/mol. The van der Waals surface area contributed by atoms with Crippen molar-refractivity contribution in [1.82, 2.24) is 15.0 Å². The molecule has 1 aliphatic carbocycles. The summed E-state index contributed by atoms with van der Waals surface area (Å²) in [5, 5.41) is 0.891. The summed E-state index contributed by atoms with van der Waals surface area (Å²) in [6.07, 6.45) is 10.9. The van der Waals surface area contributed by atoms with Gasteiger partial charge in [-0.2, -0.15) is 0 Å². The zero-order valence-electron chi connectivity index (χ0n) is 16.9. The number of rotatable bonds is 5. The van der Waals surface area contributed by atoms with Crippen molar-refractivity contribution in [3.8, 4) is 0 Å². The Kier molecular flexibility index (Phi) is 5.42. The molecule has 7 nitrogen and oxygen atoms in total. The summed E-state index contributed by atoms with van der Waals surface area (Å²) in [7, 11) is -1.99. The van der Waals surface area contributed by atoms with E-state index < -0.39 is 15.8 Å². The lowest BCUT2D eigenvalue weighted by molar-refractivity contribution is 0.0600. The van der Waals surface area contributed by atoms with Crippen LogP contribution in [0.5, 0.6) is 0 Å². The molecule has 3 aromatic heterocycles. The van der Waals surface area contributed by atoms with Crippen LogP contribution in [-0.2, 0) is 14.6 Å². The highest BCUT2D eigenvalue weighted by Crippen LogP contribution is 2.38. The molecular weight excluding hydrogens is 402 g/mol. The number of pyridine rings is 2. The number of nitrogens with one attached hydrogen (secondary N) is 1. The number of aromatic amines is 1. The molecule has 0 radical (unpaired) electrons. The third-order valence-electron chi connectivity index (χ3n) is 5.47. The summed E-state index contributed by atoms with van der Waals surface area (Å²) in [4.78, 5) is 23.5. The maximum absolute atomic E-state index is 11.8. The zero-order chi connectivity index (χ0) is 21.3. The van der Waals surface area contributed by atoms with Crippen LogP contribution in [0.3, 0.4) is 0 Å². The molecule has 0 unspecified atom stereocenters. The molecule has 8 heteroatoms. The van der Waals surface area contributed by atoms with E-state index in [0.29, 0.717) is 17.1 Å². The summed E-state index contributed by atoms with van der Waals surface area (Å²) in [5.41, 5.74) is 3.99. The number of H-pyrrole nitrogens is 1. The third kappa shape index (κ3) is 4.14. The molecule has 3 aromatic rings. The fourth-order valence-electron chi connectivity index (χ4n) is 3.96. The highest BCUT2D eigenvalue weighted by Gasteiger charge is 2.22. The Morgan fingerprint density at radius 1 is 1.13 bits per heavy atom. The van der Waals surface area contributed by atoms with Crippen LogP contribution in [-0.4, -0.2) is 42.7 Å². The molecule has 0 atom stereocenters. The van der Waals surface area contributed by atoms with Crippen molar-refractivity contribution in [2.75, 3.05) is 13.4 Å². The smallest absolute Gasteiger partial charge is 0.339 e. The summed E-state index contributed by atoms with van der Waals surface area (Å²) in [6.45, 7) is 0. The van der Waals surface area contributed by atoms with Crippen LogP contribution < -0.4 is 0 Å². The van der Waals surface area contributed by atoms with E-state index in [1.165, 1.54) is 26.1 Å². The molecule has 156 valence electrons. The van der Waals surface area contributed by atoms with Gasteiger partial charge in [-0.1, -0.05) is 18.9 Å². The van der Waals surface area contributed by atoms with E-state index in [1.54, 1.807) is 18.3 Å². The first-order valence-corrected chi connectivity index (χ1v) is 11.7. The molecule has 0 amide bonds. The fraction of sp³-hybridized carbons (Fsp3) is 0.318. The summed E-state index contributed by atoms with van der Waals surface area (Å²) in [5.74, 6) is -0.0349. The molecule has 0 bridgehead atoms. The molecule has 0 saturated heterocycles. The van der Waals surface area contributed by atoms with Crippen molar-refractivity contribution in [3.05, 3.63) is 53.5 Å². The standard InChI is InChI=1S/C22H23N3O4S/c1-29-22(26)17-9-16-10-18(25-21(16)24-13-17)11-19(14-5-3-4-6-14)15-7-8-20(23-12-15)30(2,27)28/h7-14H,3-6H2,1-2H3,(H,24,25). The van der Waals surface area contributed by atoms with Gasteiger partial charge in [-0.3, -0.25) is 0 Å². The van der Waals surface area contributed by atoms with Gasteiger partial charge >= 0.3 is 5.97 Å². The van der Waals surface area contributed by atoms with Crippen LogP contribution in [0.2, 0.25) is 0 Å². The van der Waals surface area contributed by atoms with Crippen molar-refractivity contribution in [3.63, 3.8) is 0 Å². The highest BCUT2D eigenvalue weighted by molar-refractivity contribution is 7.90. The first-order chi connectivity index (χ1) is 14.3. The van der Waals surface area contributed by atoms with Gasteiger partial charge in [0.1, 0.15) is 5.65 Å². The number of hydrogen-bond donors (Lipinski definition) is 1. The minimum absolute atomic E-state index is 0.0715. The van der Waals surface area contributed by atoms with Crippen LogP contribution in [0.15, 0.2) is 41.7 Å². The normalized spacial score (nSPS) is 15.6. The van der Waals surface area contributed by atoms with Crippen molar-refractivity contribution in [2.45, 2.75) is 30.7 Å². The molecule has 0 aromatic carbocycles. The van der Waals surface area contributed by atoms with Crippen LogP contribution >= 0.6 is 0 Å². The number of methoxy groups -OCH3 is 1. The molecule has 0 spiro atoms. The van der Waals surface area contributed by atoms with Gasteiger partial charge in [0, 0.05) is 29.7 Å². The summed E-state index contributed by atoms with van der Waals surface area (Å²) >= 11 is 0. The molecule has 1 N–H and O–H groups in total. The van der Waals surface area contributed by atoms with Gasteiger partial charge in [0.25, 0.3) is 0 Å². The molecule has 1 fully saturated rings. The van der Waals surface area contributed by atoms with Gasteiger partial charge in [0.15, 0.2) is 14.9 Å². The molecule has 30 heavy (non-hydrogen) atoms. The Balaban J connectivity index is 1.74. The largest absolute Gasteiger partial charge is 0.465 e. The first kappa shape index (κ1) is 20.3. The van der Waals surface area contributed by atoms with Gasteiger partial charge < -0.3 is 9.72 Å². The van der Waals surface area contributed by atoms with Crippen LogP contribution in [0.4, 0.5) is 0 Å². The summed E-state index contributed by atoms with van der Waals surface area (Å²) < 4.78 is 28.2. The Morgan fingerprint density at radius 3 is 2.50 bits per heavy atom. The minimum Gasteiger partial charge on any atom is -0.465 e. The molecule has 4 rings (SSSR count). The van der Waals surface area contributed by atoms with Crippen LogP contribution in [0, 0.1) is 5.92 Å². The van der Waals surface area contributed by atoms with E-state index in [0.717, 1.165) is 41.3 Å². The Hall–Kier alpha value is -3.00. The predicted octanol–water partition coefficient (Wildman–Crippen LogP) is 3.88. The second-order valence-corrected chi connectivity index (χ2v) is 9.58. The number of aromatic nitrogens is 3. The molecular formula is C22H23N3O4S. The Labute approximate surface area is 175 Å². The van der Waals surface area contributed by atoms with Crippen molar-refractivity contribution >= 4 is 38.5 Å². The fourth-order valence-corrected chi connectivity index (χ4v) is 4.51. The number of nitrogens with zero attached hydrogens (tertiary/aromatic N) is 2. The number of carbonyl (C=O) groups is 1. The number of sulfone groups is 1. The number of esters is 1. The topological polar surface area (TPSA) is 102 Å². The number of ether oxygens (including phenoxy) is 1. The highest BCUT2D eigenvalue weighted by atomic mass is 32.2. The number of fused-ring (bicyclic) bond motifs is 1. The van der Waals surface area contributed by atoms with Crippen LogP contribution in [0.25, 0.3) is 22.7 Å². The van der Waals surface area contributed by atoms with Gasteiger partial charge in [0.05, 0.1) is 12.7 Å². The maximum atomic E-state index is 11.8. The Bertz CT molecular complexity index is 1220. The number of allylic oxidation sites excluding steroid dienone is 1. The third-order valence-corrected chi connectivity index (χ3v) is 6.47. The van der Waals surface area contributed by atoms with Crippen molar-refractivity contribution in [2.24, 2.45) is 5.92 Å². The maximum Gasteiger partial charge on any atom is 0.339 e. The lowest BCUT2D eigenvalue weighted by Crippen LogP contribution is -2.03. The van der Waals surface area contributed by atoms with E-state index in [-0.39, 0.29) is 5.03 Å². The second-order valence-electron chi connectivity index (χ2n) is 7.62. The van der Waals surface area contributed by atoms with Crippen molar-refractivity contribution < 1.29 is 17.9 Å². The van der Waals surface area contributed by atoms with Gasteiger partial charge in [-0.25, -0.2) is 23.2 Å². The number of carbonyl (C=O) groups excluding carboxylic acids is 1. The minimum atomic E-state index is -3.34. The second kappa shape index (κ2) is 8.02. The van der Waals surface area contributed by atoms with Gasteiger partial charge in [-0.15, -0.1) is 0 Å². The molecule has 3 heterocycles. The monoisotopic (exact) mass is 425 g/mol. The van der Waals surface area contributed by atoms with Gasteiger partial charge in [0.2, 0.25) is 0 Å². The lowest BCUT2D eigenvalue weighted by atomic mass is 9.91. The van der Waals surface area contributed by atoms with E-state index in [2.05, 4.69) is 21.0 Å². The number of hydrogen-bond acceptors (Lipinski definition) is 6. The molecule has 1 aliphatic rings. The van der Waals surface area contributed by atoms with E-state index in [1.807, 2.05) is 12.1 Å². The summed E-state index contributed by atoms with van der Waals surface area (Å²) in [6, 6.07) is 7.08. The lowest BCUT2D eigenvalue weighted by Gasteiger charge is -2.15. The van der Waals surface area contributed by atoms with Gasteiger partial charge in [-0.05, 0) is 54.2 Å². The van der Waals surface area contributed by atoms with Crippen molar-refractivity contribution in [1.29, 1.82) is 0 Å². The van der Waals surface area contributed by atoms with Crippen LogP contribution in [0.1, 0.15) is 47.3 Å². The first-order valence-electron chi connectivity index (χ1n) is 9.80. The average Bonchev–Trinajstić information content (AvgIpc) is 3.39. The quantitative estimate of drug-likeness (QED) is 0.623. The Morgan fingerprint density at radius 2 is 1.87 bits per heavy atom. The zero-order valence-corrected chi connectivity index (χ0v) is 17.7. The average molecular weight is 426 g/mol. The van der Waals surface area contributed by atoms with E-state index in [9.17, 15) is 13.2 Å². The van der Waals surface area contributed by atoms with E-state index in [4.69, 9.17) is 4.74 Å². The van der Waals surface area contributed by atoms with E-state index >= 15 is 0 Å².